The third kappa shape index (κ3) is 6.83. The molecule has 0 unspecified atom stereocenters. The van der Waals surface area contributed by atoms with Gasteiger partial charge in [0.2, 0.25) is 0 Å². The Balaban J connectivity index is 0.637. The van der Waals surface area contributed by atoms with Crippen LogP contribution in [0.3, 0.4) is 0 Å². The molecule has 6 fully saturated rings. The van der Waals surface area contributed by atoms with Crippen LogP contribution < -0.4 is 14.2 Å². The number of carbonyl (C=O) groups excluding carboxylic acids is 2. The zero-order valence-corrected chi connectivity index (χ0v) is 36.6. The predicted molar refractivity (Wildman–Crippen MR) is 233 cm³/mol. The molecule has 9 heteroatoms. The van der Waals surface area contributed by atoms with E-state index in [-0.39, 0.29) is 23.4 Å². The van der Waals surface area contributed by atoms with Crippen LogP contribution in [0.25, 0.3) is 0 Å². The number of piperidine rings is 2. The van der Waals surface area contributed by atoms with E-state index in [2.05, 4.69) is 28.0 Å². The SMILES string of the molecule is O=C(CCCCCCCCC(=O)Oc1ccc2c3c1O[C@H]1[C@@H](O)CC[C@@]4(O)[C@@H](C2)N(CC2CCC2)CC[C@]314)Oc1ccc2c(c1)[C@@]13CCCC[C@H]1[C@@H](C2)N(CC1CCC1)CC3. The van der Waals surface area contributed by atoms with E-state index in [0.717, 1.165) is 106 Å². The molecule has 4 bridgehead atoms. The molecule has 11 rings (SSSR count). The maximum atomic E-state index is 13.2. The zero-order valence-electron chi connectivity index (χ0n) is 36.6. The van der Waals surface area contributed by atoms with Crippen LogP contribution >= 0.6 is 0 Å². The monoisotopic (exact) mass is 835 g/mol. The number of carbonyl (C=O) groups is 2. The molecule has 9 nitrogen and oxygen atoms in total. The van der Waals surface area contributed by atoms with Crippen LogP contribution in [0.2, 0.25) is 0 Å². The first kappa shape index (κ1) is 40.8. The van der Waals surface area contributed by atoms with E-state index in [1.807, 2.05) is 12.1 Å². The molecule has 6 aliphatic carbocycles. The molecule has 0 radical (unpaired) electrons. The van der Waals surface area contributed by atoms with Gasteiger partial charge in [0.05, 0.1) is 17.1 Å². The van der Waals surface area contributed by atoms with Gasteiger partial charge in [-0.15, -0.1) is 0 Å². The molecule has 8 atom stereocenters. The number of unbranched alkanes of at least 4 members (excludes halogenated alkanes) is 5. The normalized spacial score (nSPS) is 34.9. The lowest BCUT2D eigenvalue weighted by Gasteiger charge is -2.64. The molecule has 2 saturated heterocycles. The van der Waals surface area contributed by atoms with E-state index in [9.17, 15) is 19.8 Å². The Morgan fingerprint density at radius 3 is 2.18 bits per heavy atom. The number of aliphatic hydroxyl groups excluding tert-OH is 1. The number of benzene rings is 2. The third-order valence-corrected chi connectivity index (χ3v) is 18.4. The van der Waals surface area contributed by atoms with Crippen LogP contribution in [0.15, 0.2) is 30.3 Å². The largest absolute Gasteiger partial charge is 0.482 e. The minimum Gasteiger partial charge on any atom is -0.482 e. The summed E-state index contributed by atoms with van der Waals surface area (Å²) in [7, 11) is 0. The highest BCUT2D eigenvalue weighted by molar-refractivity contribution is 5.75. The minimum atomic E-state index is -0.975. The quantitative estimate of drug-likeness (QED) is 0.104. The maximum absolute atomic E-state index is 13.2. The van der Waals surface area contributed by atoms with Gasteiger partial charge in [-0.1, -0.05) is 63.5 Å². The van der Waals surface area contributed by atoms with Crippen molar-refractivity contribution in [1.82, 2.24) is 9.80 Å². The van der Waals surface area contributed by atoms with Crippen LogP contribution in [-0.4, -0.2) is 88.0 Å². The van der Waals surface area contributed by atoms with Crippen molar-refractivity contribution in [1.29, 1.82) is 0 Å². The lowest BCUT2D eigenvalue weighted by Crippen LogP contribution is -2.77. The second-order valence-electron chi connectivity index (χ2n) is 21.4. The van der Waals surface area contributed by atoms with Crippen molar-refractivity contribution >= 4 is 11.9 Å². The van der Waals surface area contributed by atoms with Crippen molar-refractivity contribution in [2.24, 2.45) is 17.8 Å². The van der Waals surface area contributed by atoms with Crippen molar-refractivity contribution < 1.29 is 34.0 Å². The first-order valence-electron chi connectivity index (χ1n) is 25.0. The summed E-state index contributed by atoms with van der Waals surface area (Å²) < 4.78 is 18.6. The first-order chi connectivity index (χ1) is 29.8. The van der Waals surface area contributed by atoms with Crippen molar-refractivity contribution in [3.8, 4) is 17.2 Å². The molecule has 4 saturated carbocycles. The average molecular weight is 835 g/mol. The molecule has 0 amide bonds. The van der Waals surface area contributed by atoms with Gasteiger partial charge in [-0.2, -0.15) is 0 Å². The lowest BCUT2D eigenvalue weighted by molar-refractivity contribution is -0.209. The number of nitrogens with zero attached hydrogens (tertiary/aromatic N) is 2. The molecule has 330 valence electrons. The molecule has 2 aromatic carbocycles. The van der Waals surface area contributed by atoms with Crippen LogP contribution in [0, 0.1) is 17.8 Å². The van der Waals surface area contributed by atoms with Crippen molar-refractivity contribution in [2.45, 2.75) is 195 Å². The average Bonchev–Trinajstić information content (AvgIpc) is 3.59. The Morgan fingerprint density at radius 2 is 1.43 bits per heavy atom. The van der Waals surface area contributed by atoms with Gasteiger partial charge in [0.15, 0.2) is 11.5 Å². The smallest absolute Gasteiger partial charge is 0.311 e. The van der Waals surface area contributed by atoms with Gasteiger partial charge in [-0.25, -0.2) is 0 Å². The van der Waals surface area contributed by atoms with E-state index < -0.39 is 23.2 Å². The topological polar surface area (TPSA) is 109 Å². The molecule has 1 spiro atoms. The summed E-state index contributed by atoms with van der Waals surface area (Å²) in [6.07, 6.45) is 23.3. The van der Waals surface area contributed by atoms with E-state index in [4.69, 9.17) is 14.2 Å². The van der Waals surface area contributed by atoms with E-state index >= 15 is 0 Å². The molecule has 61 heavy (non-hydrogen) atoms. The van der Waals surface area contributed by atoms with E-state index in [1.165, 1.54) is 94.8 Å². The summed E-state index contributed by atoms with van der Waals surface area (Å²) in [6.45, 7) is 4.45. The van der Waals surface area contributed by atoms with Gasteiger partial charge >= 0.3 is 11.9 Å². The fourth-order valence-electron chi connectivity index (χ4n) is 14.9. The number of fused-ring (bicyclic) bond motifs is 1. The lowest BCUT2D eigenvalue weighted by atomic mass is 9.48. The summed E-state index contributed by atoms with van der Waals surface area (Å²) in [6, 6.07) is 11.2. The fraction of sp³-hybridized carbons (Fsp3) is 0.731. The number of hydrogen-bond acceptors (Lipinski definition) is 9. The number of ether oxygens (including phenoxy) is 3. The Labute approximate surface area is 363 Å². The zero-order chi connectivity index (χ0) is 41.3. The van der Waals surface area contributed by atoms with Gasteiger partial charge in [-0.3, -0.25) is 19.4 Å². The van der Waals surface area contributed by atoms with E-state index in [1.54, 1.807) is 0 Å². The molecule has 2 N–H and O–H groups in total. The fourth-order valence-corrected chi connectivity index (χ4v) is 14.9. The second kappa shape index (κ2) is 16.2. The summed E-state index contributed by atoms with van der Waals surface area (Å²) >= 11 is 0. The van der Waals surface area contributed by atoms with Crippen LogP contribution in [0.5, 0.6) is 17.2 Å². The molecule has 9 aliphatic rings. The van der Waals surface area contributed by atoms with Crippen LogP contribution in [0.4, 0.5) is 0 Å². The standard InChI is InChI=1S/C52H70N2O7/c55-42-22-24-52(58)44-30-37-19-21-43(48-47(37)51(52,49(42)61-48)26-28-54(44)33-35-13-10-14-35)60-46(57)17-6-4-2-1-3-5-16-45(56)59-38-20-18-36-29-41-39-15-7-8-23-50(39,40(36)31-38)25-27-53(41)32-34-11-9-12-34/h18-21,31,34-35,39,41-42,44,49,55,58H,1-17,22-30,32-33H2/t39-,41+,42-,44+,49-,50+,51-,52+/m0/s1. The van der Waals surface area contributed by atoms with Gasteiger partial charge in [-0.05, 0) is 156 Å². The van der Waals surface area contributed by atoms with Gasteiger partial charge in [0, 0.05) is 49.0 Å². The van der Waals surface area contributed by atoms with Gasteiger partial charge in [0.25, 0.3) is 0 Å². The second-order valence-corrected chi connectivity index (χ2v) is 21.4. The Morgan fingerprint density at radius 1 is 0.721 bits per heavy atom. The summed E-state index contributed by atoms with van der Waals surface area (Å²) in [4.78, 5) is 31.6. The molecule has 3 aliphatic heterocycles. The summed E-state index contributed by atoms with van der Waals surface area (Å²) in [5.41, 5.74) is 3.73. The van der Waals surface area contributed by atoms with Gasteiger partial charge < -0.3 is 24.4 Å². The number of likely N-dealkylation sites (tertiary alicyclic amines) is 2. The van der Waals surface area contributed by atoms with Crippen molar-refractivity contribution in [2.75, 3.05) is 26.2 Å². The number of rotatable bonds is 15. The number of hydrogen-bond donors (Lipinski definition) is 2. The molecule has 3 heterocycles. The molecular formula is C52H70N2O7. The van der Waals surface area contributed by atoms with Crippen LogP contribution in [0.1, 0.15) is 164 Å². The number of esters is 2. The van der Waals surface area contributed by atoms with Gasteiger partial charge in [0.1, 0.15) is 11.9 Å². The van der Waals surface area contributed by atoms with Crippen molar-refractivity contribution in [3.05, 3.63) is 52.6 Å². The minimum absolute atomic E-state index is 0.0119. The first-order valence-corrected chi connectivity index (χ1v) is 25.0. The highest BCUT2D eigenvalue weighted by Gasteiger charge is 2.73. The molecular weight excluding hydrogens is 765 g/mol. The summed E-state index contributed by atoms with van der Waals surface area (Å²) in [5.74, 6) is 3.68. The molecule has 0 aromatic heterocycles. The summed E-state index contributed by atoms with van der Waals surface area (Å²) in [5, 5.41) is 23.9. The third-order valence-electron chi connectivity index (χ3n) is 18.4. The van der Waals surface area contributed by atoms with E-state index in [0.29, 0.717) is 43.2 Å². The maximum Gasteiger partial charge on any atom is 0.311 e. The predicted octanol–water partition coefficient (Wildman–Crippen LogP) is 8.49. The highest BCUT2D eigenvalue weighted by atomic mass is 16.6. The number of aliphatic hydroxyl groups is 2. The highest BCUT2D eigenvalue weighted by Crippen LogP contribution is 2.66. The Bertz CT molecular complexity index is 1990. The molecule has 2 aromatic rings. The van der Waals surface area contributed by atoms with Crippen LogP contribution in [-0.2, 0) is 33.3 Å². The Kier molecular flexibility index (Phi) is 10.8. The Hall–Kier alpha value is -2.98. The van der Waals surface area contributed by atoms with Crippen molar-refractivity contribution in [3.63, 3.8) is 0 Å².